The molecular weight excluding hydrogens is 158 g/mol. The lowest BCUT2D eigenvalue weighted by atomic mass is 9.79. The lowest BCUT2D eigenvalue weighted by Gasteiger charge is -2.34. The molecule has 1 aliphatic rings. The Hall–Kier alpha value is -0.480. The van der Waals surface area contributed by atoms with Gasteiger partial charge in [-0.25, -0.2) is 0 Å². The molecule has 0 radical (unpaired) electrons. The maximum Gasteiger partial charge on any atom is 0.0578 e. The minimum absolute atomic E-state index is 0.689. The summed E-state index contributed by atoms with van der Waals surface area (Å²) >= 11 is 0. The molecule has 1 aliphatic carbocycles. The fraction of sp³-hybridized carbons (Fsp3) is 0.833. The van der Waals surface area contributed by atoms with Crippen LogP contribution in [0.1, 0.15) is 40.0 Å². The van der Waals surface area contributed by atoms with Crippen molar-refractivity contribution in [3.8, 4) is 11.8 Å². The predicted molar refractivity (Wildman–Crippen MR) is 57.4 cm³/mol. The van der Waals surface area contributed by atoms with Crippen LogP contribution in [-0.4, -0.2) is 12.6 Å². The summed E-state index contributed by atoms with van der Waals surface area (Å²) < 4.78 is 0. The second-order valence-electron chi connectivity index (χ2n) is 4.22. The van der Waals surface area contributed by atoms with Crippen LogP contribution in [0.4, 0.5) is 0 Å². The molecule has 0 heterocycles. The molecule has 0 aromatic rings. The van der Waals surface area contributed by atoms with E-state index < -0.39 is 0 Å². The Bertz CT molecular complexity index is 189. The zero-order valence-corrected chi connectivity index (χ0v) is 9.06. The van der Waals surface area contributed by atoms with E-state index >= 15 is 0 Å². The van der Waals surface area contributed by atoms with E-state index in [1.54, 1.807) is 0 Å². The Morgan fingerprint density at radius 2 is 1.85 bits per heavy atom. The van der Waals surface area contributed by atoms with Gasteiger partial charge in [0.05, 0.1) is 6.54 Å². The Morgan fingerprint density at radius 3 is 2.38 bits per heavy atom. The van der Waals surface area contributed by atoms with Crippen LogP contribution in [0.25, 0.3) is 0 Å². The van der Waals surface area contributed by atoms with Gasteiger partial charge in [-0.3, -0.25) is 0 Å². The lowest BCUT2D eigenvalue weighted by molar-refractivity contribution is 0.215. The van der Waals surface area contributed by atoms with Gasteiger partial charge in [0.25, 0.3) is 0 Å². The predicted octanol–water partition coefficient (Wildman–Crippen LogP) is 2.42. The minimum atomic E-state index is 0.689. The van der Waals surface area contributed by atoms with Gasteiger partial charge < -0.3 is 5.32 Å². The van der Waals surface area contributed by atoms with Gasteiger partial charge in [0.2, 0.25) is 0 Å². The zero-order valence-electron chi connectivity index (χ0n) is 9.06. The molecule has 1 N–H and O–H groups in total. The summed E-state index contributed by atoms with van der Waals surface area (Å²) in [6.07, 6.45) is 4.16. The molecule has 0 bridgehead atoms. The summed E-state index contributed by atoms with van der Waals surface area (Å²) in [4.78, 5) is 0. The van der Waals surface area contributed by atoms with Gasteiger partial charge in [-0.2, -0.15) is 0 Å². The first kappa shape index (κ1) is 10.6. The third kappa shape index (κ3) is 3.04. The summed E-state index contributed by atoms with van der Waals surface area (Å²) in [5, 5.41) is 3.55. The van der Waals surface area contributed by atoms with Crippen molar-refractivity contribution in [2.24, 2.45) is 11.8 Å². The van der Waals surface area contributed by atoms with E-state index in [0.717, 1.165) is 18.4 Å². The maximum atomic E-state index is 3.55. The smallest absolute Gasteiger partial charge is 0.0578 e. The van der Waals surface area contributed by atoms with E-state index in [-0.39, 0.29) is 0 Å². The Labute approximate surface area is 82.3 Å². The third-order valence-corrected chi connectivity index (χ3v) is 3.15. The van der Waals surface area contributed by atoms with Crippen molar-refractivity contribution in [3.05, 3.63) is 0 Å². The molecule has 1 saturated carbocycles. The second-order valence-corrected chi connectivity index (χ2v) is 4.22. The van der Waals surface area contributed by atoms with Crippen molar-refractivity contribution >= 4 is 0 Å². The van der Waals surface area contributed by atoms with Crippen molar-refractivity contribution in [3.63, 3.8) is 0 Å². The Balaban J connectivity index is 2.37. The van der Waals surface area contributed by atoms with E-state index in [4.69, 9.17) is 0 Å². The van der Waals surface area contributed by atoms with E-state index in [1.807, 2.05) is 6.92 Å². The molecule has 0 saturated heterocycles. The molecule has 1 heteroatoms. The van der Waals surface area contributed by atoms with Gasteiger partial charge in [-0.05, 0) is 31.6 Å². The summed E-state index contributed by atoms with van der Waals surface area (Å²) in [7, 11) is 0. The fourth-order valence-electron chi connectivity index (χ4n) is 2.34. The van der Waals surface area contributed by atoms with Gasteiger partial charge in [-0.15, -0.1) is 5.92 Å². The highest BCUT2D eigenvalue weighted by molar-refractivity contribution is 4.98. The van der Waals surface area contributed by atoms with Gasteiger partial charge in [0, 0.05) is 6.04 Å². The van der Waals surface area contributed by atoms with Crippen molar-refractivity contribution in [2.45, 2.75) is 46.1 Å². The lowest BCUT2D eigenvalue weighted by Crippen LogP contribution is -2.42. The molecule has 2 atom stereocenters. The molecule has 0 aliphatic heterocycles. The molecule has 1 fully saturated rings. The Morgan fingerprint density at radius 1 is 1.23 bits per heavy atom. The number of hydrogen-bond donors (Lipinski definition) is 1. The topological polar surface area (TPSA) is 12.0 Å². The largest absolute Gasteiger partial charge is 0.303 e. The first-order valence-electron chi connectivity index (χ1n) is 5.38. The Kier molecular flexibility index (Phi) is 4.32. The number of hydrogen-bond acceptors (Lipinski definition) is 1. The van der Waals surface area contributed by atoms with E-state index in [0.29, 0.717) is 6.04 Å². The van der Waals surface area contributed by atoms with Gasteiger partial charge >= 0.3 is 0 Å². The van der Waals surface area contributed by atoms with Gasteiger partial charge in [0.15, 0.2) is 0 Å². The van der Waals surface area contributed by atoms with Crippen LogP contribution in [0.15, 0.2) is 0 Å². The van der Waals surface area contributed by atoms with Crippen LogP contribution in [0.3, 0.4) is 0 Å². The molecule has 0 aromatic carbocycles. The van der Waals surface area contributed by atoms with Gasteiger partial charge in [0.1, 0.15) is 0 Å². The standard InChI is InChI=1S/C12H21N/c1-4-5-9-13-12-10(2)7-6-8-11(12)3/h10-13H,6-9H2,1-3H3. The van der Waals surface area contributed by atoms with Gasteiger partial charge in [-0.1, -0.05) is 26.2 Å². The zero-order chi connectivity index (χ0) is 9.68. The fourth-order valence-corrected chi connectivity index (χ4v) is 2.34. The molecular formula is C12H21N. The molecule has 2 unspecified atom stereocenters. The quantitative estimate of drug-likeness (QED) is 0.642. The SMILES string of the molecule is CC#CCNC1C(C)CCCC1C. The molecule has 1 rings (SSSR count). The highest BCUT2D eigenvalue weighted by atomic mass is 14.9. The maximum absolute atomic E-state index is 3.55. The molecule has 1 nitrogen and oxygen atoms in total. The van der Waals surface area contributed by atoms with Crippen molar-refractivity contribution in [1.29, 1.82) is 0 Å². The molecule has 13 heavy (non-hydrogen) atoms. The van der Waals surface area contributed by atoms with Crippen molar-refractivity contribution < 1.29 is 0 Å². The molecule has 0 spiro atoms. The van der Waals surface area contributed by atoms with Crippen molar-refractivity contribution in [2.75, 3.05) is 6.54 Å². The number of rotatable bonds is 2. The summed E-state index contributed by atoms with van der Waals surface area (Å²) in [6, 6.07) is 0.689. The van der Waals surface area contributed by atoms with Crippen LogP contribution < -0.4 is 5.32 Å². The highest BCUT2D eigenvalue weighted by Crippen LogP contribution is 2.28. The average molecular weight is 179 g/mol. The van der Waals surface area contributed by atoms with Crippen LogP contribution in [-0.2, 0) is 0 Å². The normalized spacial score (nSPS) is 33.6. The minimum Gasteiger partial charge on any atom is -0.303 e. The van der Waals surface area contributed by atoms with E-state index in [2.05, 4.69) is 31.0 Å². The summed E-state index contributed by atoms with van der Waals surface area (Å²) in [6.45, 7) is 7.46. The summed E-state index contributed by atoms with van der Waals surface area (Å²) in [5.41, 5.74) is 0. The first-order valence-corrected chi connectivity index (χ1v) is 5.38. The monoisotopic (exact) mass is 179 g/mol. The summed E-state index contributed by atoms with van der Waals surface area (Å²) in [5.74, 6) is 7.64. The number of nitrogens with one attached hydrogen (secondary N) is 1. The highest BCUT2D eigenvalue weighted by Gasteiger charge is 2.26. The van der Waals surface area contributed by atoms with Crippen LogP contribution >= 0.6 is 0 Å². The molecule has 0 amide bonds. The molecule has 0 aromatic heterocycles. The van der Waals surface area contributed by atoms with Crippen molar-refractivity contribution in [1.82, 2.24) is 5.32 Å². The first-order chi connectivity index (χ1) is 6.25. The van der Waals surface area contributed by atoms with Crippen LogP contribution in [0.5, 0.6) is 0 Å². The van der Waals surface area contributed by atoms with Crippen LogP contribution in [0, 0.1) is 23.7 Å². The molecule has 74 valence electrons. The van der Waals surface area contributed by atoms with E-state index in [9.17, 15) is 0 Å². The van der Waals surface area contributed by atoms with Crippen LogP contribution in [0.2, 0.25) is 0 Å². The second kappa shape index (κ2) is 5.29. The van der Waals surface area contributed by atoms with E-state index in [1.165, 1.54) is 19.3 Å². The average Bonchev–Trinajstić information content (AvgIpc) is 2.10. The third-order valence-electron chi connectivity index (χ3n) is 3.15.